The van der Waals surface area contributed by atoms with Crippen molar-refractivity contribution in [1.82, 2.24) is 0 Å². The van der Waals surface area contributed by atoms with E-state index >= 15 is 0 Å². The highest BCUT2D eigenvalue weighted by Gasteiger charge is 2.57. The number of ketones is 1. The fraction of sp³-hybridized carbons (Fsp3) is 0.316. The van der Waals surface area contributed by atoms with Crippen molar-refractivity contribution in [2.24, 2.45) is 5.41 Å². The van der Waals surface area contributed by atoms with Gasteiger partial charge in [-0.1, -0.05) is 17.7 Å². The first kappa shape index (κ1) is 18.6. The Kier molecular flexibility index (Phi) is 4.90. The van der Waals surface area contributed by atoms with Crippen molar-refractivity contribution in [3.63, 3.8) is 0 Å². The van der Waals surface area contributed by atoms with E-state index in [1.54, 1.807) is 30.3 Å². The molecule has 0 unspecified atom stereocenters. The van der Waals surface area contributed by atoms with Crippen LogP contribution in [-0.4, -0.2) is 23.5 Å². The summed E-state index contributed by atoms with van der Waals surface area (Å²) in [5, 5.41) is 2.33. The van der Waals surface area contributed by atoms with E-state index in [0.29, 0.717) is 10.6 Å². The van der Waals surface area contributed by atoms with E-state index in [1.165, 1.54) is 25.2 Å². The lowest BCUT2D eigenvalue weighted by Gasteiger charge is -2.39. The number of carbonyl (C=O) groups excluding carboxylic acids is 3. The van der Waals surface area contributed by atoms with Gasteiger partial charge in [-0.15, -0.1) is 11.3 Å². The lowest BCUT2D eigenvalue weighted by Crippen LogP contribution is -2.55. The van der Waals surface area contributed by atoms with Crippen molar-refractivity contribution in [2.75, 3.05) is 0 Å². The van der Waals surface area contributed by atoms with Gasteiger partial charge >= 0.3 is 11.9 Å². The zero-order valence-corrected chi connectivity index (χ0v) is 15.9. The zero-order valence-electron chi connectivity index (χ0n) is 14.3. The van der Waals surface area contributed by atoms with E-state index in [9.17, 15) is 14.4 Å². The average Bonchev–Trinajstić information content (AvgIpc) is 3.05. The molecule has 3 rings (SSSR count). The van der Waals surface area contributed by atoms with Crippen molar-refractivity contribution >= 4 is 40.7 Å². The molecule has 7 heteroatoms. The molecule has 1 fully saturated rings. The molecule has 1 aliphatic heterocycles. The second kappa shape index (κ2) is 6.85. The van der Waals surface area contributed by atoms with Crippen LogP contribution in [0.3, 0.4) is 0 Å². The standard InChI is InChI=1S/C19H17ClO5S/c1-18(2)24-16(22)19(17(23)25-18,10-14-4-3-9-26-14)11-15(21)12-5-7-13(20)8-6-12/h3-9H,10-11H2,1-2H3. The lowest BCUT2D eigenvalue weighted by molar-refractivity contribution is -0.250. The second-order valence-electron chi connectivity index (χ2n) is 6.62. The number of Topliss-reactive ketones (excluding diaryl/α,β-unsaturated/α-hetero) is 1. The minimum absolute atomic E-state index is 0.0533. The summed E-state index contributed by atoms with van der Waals surface area (Å²) in [5.41, 5.74) is -1.33. The summed E-state index contributed by atoms with van der Waals surface area (Å²) in [6, 6.07) is 9.92. The largest absolute Gasteiger partial charge is 0.422 e. The SMILES string of the molecule is CC1(C)OC(=O)C(CC(=O)c2ccc(Cl)cc2)(Cc2cccs2)C(=O)O1. The molecule has 0 bridgehead atoms. The first-order valence-electron chi connectivity index (χ1n) is 8.00. The summed E-state index contributed by atoms with van der Waals surface area (Å²) in [6.45, 7) is 2.97. The van der Waals surface area contributed by atoms with Crippen LogP contribution in [0, 0.1) is 5.41 Å². The Hall–Kier alpha value is -2.18. The third-order valence-electron chi connectivity index (χ3n) is 4.14. The smallest absolute Gasteiger partial charge is 0.327 e. The van der Waals surface area contributed by atoms with E-state index in [1.807, 2.05) is 11.4 Å². The van der Waals surface area contributed by atoms with Gasteiger partial charge in [-0.3, -0.25) is 14.4 Å². The number of carbonyl (C=O) groups is 3. The Balaban J connectivity index is 1.95. The zero-order chi connectivity index (χ0) is 18.9. The van der Waals surface area contributed by atoms with Crippen LogP contribution in [0.5, 0.6) is 0 Å². The third kappa shape index (κ3) is 3.66. The van der Waals surface area contributed by atoms with Gasteiger partial charge in [0.05, 0.1) is 0 Å². The maximum Gasteiger partial charge on any atom is 0.327 e. The highest BCUT2D eigenvalue weighted by Crippen LogP contribution is 2.40. The van der Waals surface area contributed by atoms with Crippen LogP contribution in [0.25, 0.3) is 0 Å². The van der Waals surface area contributed by atoms with Gasteiger partial charge in [0.15, 0.2) is 11.2 Å². The molecule has 1 aromatic carbocycles. The second-order valence-corrected chi connectivity index (χ2v) is 8.09. The molecule has 2 heterocycles. The number of halogens is 1. The summed E-state index contributed by atoms with van der Waals surface area (Å²) in [5.74, 6) is -3.19. The molecule has 0 N–H and O–H groups in total. The van der Waals surface area contributed by atoms with Crippen LogP contribution in [0.2, 0.25) is 5.02 Å². The molecule has 1 aromatic heterocycles. The maximum atomic E-state index is 12.8. The van der Waals surface area contributed by atoms with Crippen LogP contribution < -0.4 is 0 Å². The quantitative estimate of drug-likeness (QED) is 0.436. The number of cyclic esters (lactones) is 2. The number of hydrogen-bond acceptors (Lipinski definition) is 6. The van der Waals surface area contributed by atoms with E-state index in [4.69, 9.17) is 21.1 Å². The Morgan fingerprint density at radius 1 is 1.08 bits per heavy atom. The highest BCUT2D eigenvalue weighted by atomic mass is 35.5. The Morgan fingerprint density at radius 2 is 1.69 bits per heavy atom. The summed E-state index contributed by atoms with van der Waals surface area (Å²) in [4.78, 5) is 39.1. The van der Waals surface area contributed by atoms with Crippen LogP contribution >= 0.6 is 22.9 Å². The number of hydrogen-bond donors (Lipinski definition) is 0. The summed E-state index contributed by atoms with van der Waals surface area (Å²) in [6.07, 6.45) is -0.280. The van der Waals surface area contributed by atoms with Gasteiger partial charge in [-0.05, 0) is 35.7 Å². The van der Waals surface area contributed by atoms with Crippen LogP contribution in [0.4, 0.5) is 0 Å². The Morgan fingerprint density at radius 3 is 2.23 bits per heavy atom. The molecule has 0 atom stereocenters. The molecule has 0 aliphatic carbocycles. The molecule has 0 saturated carbocycles. The van der Waals surface area contributed by atoms with Crippen molar-refractivity contribution in [3.05, 3.63) is 57.2 Å². The third-order valence-corrected chi connectivity index (χ3v) is 5.27. The summed E-state index contributed by atoms with van der Waals surface area (Å²) >= 11 is 7.25. The van der Waals surface area contributed by atoms with E-state index < -0.39 is 23.1 Å². The van der Waals surface area contributed by atoms with Gasteiger partial charge in [-0.25, -0.2) is 0 Å². The number of esters is 2. The molecule has 1 aliphatic rings. The van der Waals surface area contributed by atoms with Crippen LogP contribution in [0.1, 0.15) is 35.5 Å². The van der Waals surface area contributed by atoms with Gasteiger partial charge in [0.1, 0.15) is 0 Å². The Labute approximate surface area is 159 Å². The normalized spacial score (nSPS) is 18.1. The van der Waals surface area contributed by atoms with Crippen LogP contribution in [-0.2, 0) is 25.5 Å². The molecule has 5 nitrogen and oxygen atoms in total. The fourth-order valence-corrected chi connectivity index (χ4v) is 3.76. The molecule has 0 amide bonds. The maximum absolute atomic E-state index is 12.8. The van der Waals surface area contributed by atoms with Gasteiger partial charge in [0.2, 0.25) is 0 Å². The molecule has 136 valence electrons. The predicted octanol–water partition coefficient (Wildman–Crippen LogP) is 4.04. The monoisotopic (exact) mass is 392 g/mol. The van der Waals surface area contributed by atoms with Gasteiger partial charge in [0.25, 0.3) is 5.79 Å². The first-order valence-corrected chi connectivity index (χ1v) is 9.26. The highest BCUT2D eigenvalue weighted by molar-refractivity contribution is 7.09. The lowest BCUT2D eigenvalue weighted by atomic mass is 9.77. The van der Waals surface area contributed by atoms with Crippen LogP contribution in [0.15, 0.2) is 41.8 Å². The fourth-order valence-electron chi connectivity index (χ4n) is 2.82. The molecule has 0 radical (unpaired) electrons. The number of ether oxygens (including phenoxy) is 2. The predicted molar refractivity (Wildman–Crippen MR) is 97.1 cm³/mol. The molecule has 26 heavy (non-hydrogen) atoms. The van der Waals surface area contributed by atoms with E-state index in [0.717, 1.165) is 4.88 Å². The van der Waals surface area contributed by atoms with Gasteiger partial charge in [0, 0.05) is 42.2 Å². The van der Waals surface area contributed by atoms with Crippen molar-refractivity contribution in [2.45, 2.75) is 32.5 Å². The minimum Gasteiger partial charge on any atom is -0.422 e. The van der Waals surface area contributed by atoms with Crippen molar-refractivity contribution in [3.8, 4) is 0 Å². The van der Waals surface area contributed by atoms with Gasteiger partial charge in [-0.2, -0.15) is 0 Å². The minimum atomic E-state index is -1.70. The first-order chi connectivity index (χ1) is 12.2. The molecule has 0 spiro atoms. The molecular weight excluding hydrogens is 376 g/mol. The summed E-state index contributed by atoms with van der Waals surface area (Å²) < 4.78 is 10.6. The number of benzene rings is 1. The van der Waals surface area contributed by atoms with E-state index in [-0.39, 0.29) is 18.6 Å². The number of rotatable bonds is 5. The topological polar surface area (TPSA) is 69.7 Å². The number of thiophene rings is 1. The Bertz CT molecular complexity index is 819. The van der Waals surface area contributed by atoms with Gasteiger partial charge < -0.3 is 9.47 Å². The summed E-state index contributed by atoms with van der Waals surface area (Å²) in [7, 11) is 0. The van der Waals surface area contributed by atoms with Crippen molar-refractivity contribution in [1.29, 1.82) is 0 Å². The average molecular weight is 393 g/mol. The molecular formula is C19H17ClO5S. The van der Waals surface area contributed by atoms with E-state index in [2.05, 4.69) is 0 Å². The molecule has 2 aromatic rings. The molecule has 1 saturated heterocycles. The van der Waals surface area contributed by atoms with Crippen molar-refractivity contribution < 1.29 is 23.9 Å².